The van der Waals surface area contributed by atoms with Crippen molar-refractivity contribution in [2.75, 3.05) is 25.5 Å². The summed E-state index contributed by atoms with van der Waals surface area (Å²) in [5.41, 5.74) is 4.74. The van der Waals surface area contributed by atoms with Gasteiger partial charge in [0.05, 0.1) is 29.2 Å². The van der Waals surface area contributed by atoms with Crippen LogP contribution in [0.5, 0.6) is 0 Å². The maximum atomic E-state index is 13.4. The van der Waals surface area contributed by atoms with E-state index in [1.807, 2.05) is 94.6 Å². The minimum absolute atomic E-state index is 0.0970. The van der Waals surface area contributed by atoms with Crippen LogP contribution in [0.4, 0.5) is 5.69 Å². The van der Waals surface area contributed by atoms with E-state index in [9.17, 15) is 9.59 Å². The molecule has 2 amide bonds. The summed E-state index contributed by atoms with van der Waals surface area (Å²) in [6.45, 7) is 0.0978. The predicted octanol–water partition coefficient (Wildman–Crippen LogP) is 3.88. The number of para-hydroxylation sites is 2. The summed E-state index contributed by atoms with van der Waals surface area (Å²) in [7, 11) is 3.39. The van der Waals surface area contributed by atoms with E-state index in [0.717, 1.165) is 28.2 Å². The topological polar surface area (TPSA) is 70.5 Å². The lowest BCUT2D eigenvalue weighted by atomic mass is 9.99. The Kier molecular flexibility index (Phi) is 5.59. The van der Waals surface area contributed by atoms with Crippen LogP contribution in [0.1, 0.15) is 22.1 Å². The van der Waals surface area contributed by atoms with E-state index >= 15 is 0 Å². The minimum Gasteiger partial charge on any atom is -0.358 e. The molecule has 7 heteroatoms. The highest BCUT2D eigenvalue weighted by molar-refractivity contribution is 6.03. The molecule has 7 nitrogen and oxygen atoms in total. The maximum absolute atomic E-state index is 13.4. The molecule has 0 radical (unpaired) electrons. The van der Waals surface area contributed by atoms with Crippen LogP contribution >= 0.6 is 0 Å². The Morgan fingerprint density at radius 3 is 2.29 bits per heavy atom. The second kappa shape index (κ2) is 8.86. The van der Waals surface area contributed by atoms with Gasteiger partial charge in [-0.1, -0.05) is 60.7 Å². The zero-order valence-electron chi connectivity index (χ0n) is 19.1. The summed E-state index contributed by atoms with van der Waals surface area (Å²) in [5, 5.41) is 7.64. The smallest absolute Gasteiger partial charge is 0.257 e. The van der Waals surface area contributed by atoms with Crippen molar-refractivity contribution in [3.8, 4) is 16.9 Å². The number of hydrogen-bond acceptors (Lipinski definition) is 4. The number of aromatic nitrogens is 2. The Bertz CT molecular complexity index is 1330. The molecule has 0 bridgehead atoms. The van der Waals surface area contributed by atoms with Crippen LogP contribution in [0.3, 0.4) is 0 Å². The van der Waals surface area contributed by atoms with E-state index in [1.54, 1.807) is 25.1 Å². The molecule has 1 atom stereocenters. The summed E-state index contributed by atoms with van der Waals surface area (Å²) in [6.07, 6.45) is 1.43. The van der Waals surface area contributed by atoms with E-state index < -0.39 is 6.17 Å². The van der Waals surface area contributed by atoms with Gasteiger partial charge in [0.2, 0.25) is 5.91 Å². The molecule has 5 rings (SSSR count). The van der Waals surface area contributed by atoms with Crippen LogP contribution in [0.2, 0.25) is 0 Å². The Balaban J connectivity index is 1.72. The van der Waals surface area contributed by atoms with Gasteiger partial charge in [0.15, 0.2) is 0 Å². The molecular formula is C27H25N5O2. The molecule has 170 valence electrons. The highest BCUT2D eigenvalue weighted by Crippen LogP contribution is 2.41. The first-order valence-corrected chi connectivity index (χ1v) is 11.1. The largest absolute Gasteiger partial charge is 0.358 e. The molecule has 2 heterocycles. The fourth-order valence-electron chi connectivity index (χ4n) is 4.44. The zero-order valence-corrected chi connectivity index (χ0v) is 19.1. The molecule has 3 aromatic carbocycles. The van der Waals surface area contributed by atoms with Gasteiger partial charge in [0.25, 0.3) is 5.91 Å². The molecule has 0 saturated heterocycles. The minimum atomic E-state index is -0.521. The molecule has 1 aliphatic heterocycles. The van der Waals surface area contributed by atoms with Crippen LogP contribution in [0, 0.1) is 0 Å². The molecule has 0 fully saturated rings. The molecule has 1 aromatic heterocycles. The van der Waals surface area contributed by atoms with E-state index in [-0.39, 0.29) is 18.4 Å². The predicted molar refractivity (Wildman–Crippen MR) is 132 cm³/mol. The van der Waals surface area contributed by atoms with Crippen LogP contribution in [-0.4, -0.2) is 47.1 Å². The van der Waals surface area contributed by atoms with Crippen molar-refractivity contribution in [3.63, 3.8) is 0 Å². The number of amides is 2. The molecule has 0 spiro atoms. The Labute approximate surface area is 198 Å². The lowest BCUT2D eigenvalue weighted by Gasteiger charge is -2.43. The molecule has 0 saturated carbocycles. The van der Waals surface area contributed by atoms with E-state index in [2.05, 4.69) is 5.32 Å². The first-order chi connectivity index (χ1) is 16.6. The summed E-state index contributed by atoms with van der Waals surface area (Å²) in [4.78, 5) is 29.6. The fourth-order valence-corrected chi connectivity index (χ4v) is 4.44. The van der Waals surface area contributed by atoms with Gasteiger partial charge in [0.1, 0.15) is 6.17 Å². The summed E-state index contributed by atoms with van der Waals surface area (Å²) in [5.74, 6) is -0.237. The normalized spacial score (nSPS) is 15.2. The SMILES string of the molecule is CNC(=O)CN1c2ccccc2C(=O)N(C)C1c1cn(-c2ccccc2)nc1-c1ccccc1. The van der Waals surface area contributed by atoms with Crippen molar-refractivity contribution >= 4 is 17.5 Å². The second-order valence-corrected chi connectivity index (χ2v) is 8.19. The van der Waals surface area contributed by atoms with Gasteiger partial charge in [-0.3, -0.25) is 9.59 Å². The number of rotatable bonds is 5. The average Bonchev–Trinajstić information content (AvgIpc) is 3.33. The number of anilines is 1. The number of nitrogens with one attached hydrogen (secondary N) is 1. The van der Waals surface area contributed by atoms with Gasteiger partial charge < -0.3 is 15.1 Å². The fraction of sp³-hybridized carbons (Fsp3) is 0.148. The van der Waals surface area contributed by atoms with Crippen LogP contribution in [0.15, 0.2) is 91.1 Å². The number of benzene rings is 3. The van der Waals surface area contributed by atoms with Crippen molar-refractivity contribution in [2.24, 2.45) is 0 Å². The van der Waals surface area contributed by atoms with Crippen molar-refractivity contribution in [2.45, 2.75) is 6.17 Å². The van der Waals surface area contributed by atoms with Crippen molar-refractivity contribution in [3.05, 3.63) is 102 Å². The number of hydrogen-bond donors (Lipinski definition) is 1. The monoisotopic (exact) mass is 451 g/mol. The summed E-state index contributed by atoms with van der Waals surface area (Å²) in [6, 6.07) is 27.2. The van der Waals surface area contributed by atoms with Crippen LogP contribution in [-0.2, 0) is 4.79 Å². The van der Waals surface area contributed by atoms with Gasteiger partial charge in [-0.15, -0.1) is 0 Å². The number of fused-ring (bicyclic) bond motifs is 1. The van der Waals surface area contributed by atoms with Crippen molar-refractivity contribution in [1.82, 2.24) is 20.0 Å². The highest BCUT2D eigenvalue weighted by atomic mass is 16.2. The van der Waals surface area contributed by atoms with E-state index in [4.69, 9.17) is 5.10 Å². The molecule has 1 aliphatic rings. The number of carbonyl (C=O) groups is 2. The Morgan fingerprint density at radius 1 is 0.941 bits per heavy atom. The lowest BCUT2D eigenvalue weighted by Crippen LogP contribution is -2.50. The standard InChI is InChI=1S/C27H25N5O2/c1-28-24(33)18-31-23-16-10-9-15-21(23)27(34)30(2)26(31)22-17-32(20-13-7-4-8-14-20)29-25(22)19-11-5-3-6-12-19/h3-17,26H,18H2,1-2H3,(H,28,33). The van der Waals surface area contributed by atoms with Gasteiger partial charge in [-0.25, -0.2) is 4.68 Å². The Morgan fingerprint density at radius 2 is 1.59 bits per heavy atom. The van der Waals surface area contributed by atoms with Gasteiger partial charge in [0, 0.05) is 31.4 Å². The van der Waals surface area contributed by atoms with Crippen molar-refractivity contribution < 1.29 is 9.59 Å². The quantitative estimate of drug-likeness (QED) is 0.500. The summed E-state index contributed by atoms with van der Waals surface area (Å²) >= 11 is 0. The molecular weight excluding hydrogens is 426 g/mol. The molecule has 1 unspecified atom stereocenters. The van der Waals surface area contributed by atoms with E-state index in [0.29, 0.717) is 5.56 Å². The lowest BCUT2D eigenvalue weighted by molar-refractivity contribution is -0.119. The first kappa shape index (κ1) is 21.5. The van der Waals surface area contributed by atoms with Gasteiger partial charge >= 0.3 is 0 Å². The summed E-state index contributed by atoms with van der Waals surface area (Å²) < 4.78 is 1.83. The van der Waals surface area contributed by atoms with E-state index in [1.165, 1.54) is 0 Å². The molecule has 1 N–H and O–H groups in total. The number of likely N-dealkylation sites (N-methyl/N-ethyl adjacent to an activating group) is 1. The molecule has 0 aliphatic carbocycles. The third-order valence-electron chi connectivity index (χ3n) is 6.11. The third kappa shape index (κ3) is 3.71. The first-order valence-electron chi connectivity index (χ1n) is 11.1. The maximum Gasteiger partial charge on any atom is 0.257 e. The van der Waals surface area contributed by atoms with Crippen LogP contribution < -0.4 is 10.2 Å². The van der Waals surface area contributed by atoms with Crippen molar-refractivity contribution in [1.29, 1.82) is 0 Å². The molecule has 34 heavy (non-hydrogen) atoms. The zero-order chi connectivity index (χ0) is 23.7. The average molecular weight is 452 g/mol. The van der Waals surface area contributed by atoms with Gasteiger partial charge in [-0.2, -0.15) is 5.10 Å². The number of nitrogens with zero attached hydrogens (tertiary/aromatic N) is 4. The number of carbonyl (C=O) groups excluding carboxylic acids is 2. The third-order valence-corrected chi connectivity index (χ3v) is 6.11. The van der Waals surface area contributed by atoms with Gasteiger partial charge in [-0.05, 0) is 24.3 Å². The second-order valence-electron chi connectivity index (χ2n) is 8.19. The van der Waals surface area contributed by atoms with Crippen LogP contribution in [0.25, 0.3) is 16.9 Å². The Hall–Kier alpha value is -4.39. The molecule has 4 aromatic rings. The highest BCUT2D eigenvalue weighted by Gasteiger charge is 2.39.